The lowest BCUT2D eigenvalue weighted by atomic mass is 10.1. The number of hydrogen-bond donors (Lipinski definition) is 2. The molecular weight excluding hydrogens is 293 g/mol. The largest absolute Gasteiger partial charge is 0.479 e. The highest BCUT2D eigenvalue weighted by Gasteiger charge is 2.34. The van der Waals surface area contributed by atoms with E-state index in [4.69, 9.17) is 14.6 Å². The Kier molecular flexibility index (Phi) is 5.46. The van der Waals surface area contributed by atoms with Gasteiger partial charge in [0.25, 0.3) is 0 Å². The Morgan fingerprint density at radius 1 is 1.36 bits per heavy atom. The van der Waals surface area contributed by atoms with Crippen molar-refractivity contribution in [2.45, 2.75) is 31.2 Å². The average molecular weight is 311 g/mol. The fourth-order valence-electron chi connectivity index (χ4n) is 2.33. The van der Waals surface area contributed by atoms with E-state index in [0.29, 0.717) is 12.8 Å². The molecule has 7 heteroatoms. The summed E-state index contributed by atoms with van der Waals surface area (Å²) in [6.45, 7) is 0.193. The van der Waals surface area contributed by atoms with Gasteiger partial charge in [-0.05, 0) is 30.5 Å². The molecule has 3 atom stereocenters. The van der Waals surface area contributed by atoms with Gasteiger partial charge in [0.15, 0.2) is 6.10 Å². The van der Waals surface area contributed by atoms with Gasteiger partial charge in [0.05, 0.1) is 6.10 Å². The highest BCUT2D eigenvalue weighted by atomic mass is 19.1. The summed E-state index contributed by atoms with van der Waals surface area (Å²) in [6, 6.07) is 5.81. The molecule has 1 aromatic rings. The summed E-state index contributed by atoms with van der Waals surface area (Å²) < 4.78 is 23.3. The number of benzene rings is 1. The minimum Gasteiger partial charge on any atom is -0.479 e. The Morgan fingerprint density at radius 2 is 2.00 bits per heavy atom. The molecule has 1 heterocycles. The van der Waals surface area contributed by atoms with Gasteiger partial charge in [0, 0.05) is 13.7 Å². The van der Waals surface area contributed by atoms with Crippen molar-refractivity contribution in [3.05, 3.63) is 35.6 Å². The summed E-state index contributed by atoms with van der Waals surface area (Å²) in [5, 5.41) is 11.5. The van der Waals surface area contributed by atoms with Crippen molar-refractivity contribution in [1.82, 2.24) is 5.32 Å². The Bertz CT molecular complexity index is 533. The van der Waals surface area contributed by atoms with Crippen LogP contribution in [-0.4, -0.2) is 42.8 Å². The number of halogens is 1. The summed E-state index contributed by atoms with van der Waals surface area (Å²) in [4.78, 5) is 22.8. The van der Waals surface area contributed by atoms with Crippen LogP contribution < -0.4 is 5.32 Å². The van der Waals surface area contributed by atoms with E-state index in [0.717, 1.165) is 5.56 Å². The fourth-order valence-corrected chi connectivity index (χ4v) is 2.33. The summed E-state index contributed by atoms with van der Waals surface area (Å²) in [5.74, 6) is -1.77. The van der Waals surface area contributed by atoms with Gasteiger partial charge in [-0.2, -0.15) is 0 Å². The molecule has 2 N–H and O–H groups in total. The van der Waals surface area contributed by atoms with Crippen molar-refractivity contribution in [1.29, 1.82) is 0 Å². The number of nitrogens with one attached hydrogen (secondary N) is 1. The van der Waals surface area contributed by atoms with Gasteiger partial charge in [0.2, 0.25) is 5.91 Å². The first-order valence-electron chi connectivity index (χ1n) is 6.95. The van der Waals surface area contributed by atoms with Crippen LogP contribution in [0.3, 0.4) is 0 Å². The third-order valence-electron chi connectivity index (χ3n) is 3.58. The number of amides is 1. The van der Waals surface area contributed by atoms with Crippen LogP contribution in [0.4, 0.5) is 4.39 Å². The summed E-state index contributed by atoms with van der Waals surface area (Å²) >= 11 is 0. The topological polar surface area (TPSA) is 84.9 Å². The van der Waals surface area contributed by atoms with E-state index < -0.39 is 24.3 Å². The number of ether oxygens (including phenoxy) is 2. The number of hydrogen-bond acceptors (Lipinski definition) is 4. The van der Waals surface area contributed by atoms with Crippen molar-refractivity contribution in [2.75, 3.05) is 13.7 Å². The maximum Gasteiger partial charge on any atom is 0.332 e. The maximum absolute atomic E-state index is 12.9. The molecule has 1 fully saturated rings. The lowest BCUT2D eigenvalue weighted by Crippen LogP contribution is -2.38. The second-order valence-electron chi connectivity index (χ2n) is 5.05. The number of carbonyl (C=O) groups excluding carboxylic acids is 1. The molecule has 22 heavy (non-hydrogen) atoms. The van der Waals surface area contributed by atoms with Crippen molar-refractivity contribution in [3.8, 4) is 0 Å². The average Bonchev–Trinajstić information content (AvgIpc) is 2.99. The van der Waals surface area contributed by atoms with E-state index in [-0.39, 0.29) is 18.3 Å². The molecule has 0 radical (unpaired) electrons. The lowest BCUT2D eigenvalue weighted by molar-refractivity contribution is -0.151. The minimum atomic E-state index is -1.06. The van der Waals surface area contributed by atoms with Crippen molar-refractivity contribution in [2.24, 2.45) is 0 Å². The van der Waals surface area contributed by atoms with Gasteiger partial charge in [-0.25, -0.2) is 9.18 Å². The van der Waals surface area contributed by atoms with Crippen LogP contribution in [0.15, 0.2) is 24.3 Å². The maximum atomic E-state index is 12.9. The van der Waals surface area contributed by atoms with Crippen molar-refractivity contribution in [3.63, 3.8) is 0 Å². The van der Waals surface area contributed by atoms with Gasteiger partial charge < -0.3 is 19.9 Å². The molecule has 6 nitrogen and oxygen atoms in total. The van der Waals surface area contributed by atoms with Gasteiger partial charge in [-0.3, -0.25) is 4.79 Å². The molecular formula is C15H18FNO5. The minimum absolute atomic E-state index is 0.193. The molecule has 1 aliphatic rings. The molecule has 0 saturated carbocycles. The first-order chi connectivity index (χ1) is 10.5. The van der Waals surface area contributed by atoms with Crippen molar-refractivity contribution >= 4 is 11.9 Å². The number of carbonyl (C=O) groups is 2. The van der Waals surface area contributed by atoms with Gasteiger partial charge in [-0.15, -0.1) is 0 Å². The van der Waals surface area contributed by atoms with E-state index in [1.54, 1.807) is 12.1 Å². The molecule has 0 spiro atoms. The zero-order valence-electron chi connectivity index (χ0n) is 12.1. The molecule has 120 valence electrons. The SMILES string of the molecule is COC(CNC(=O)[C@@H]1CC[C@H](C(=O)O)O1)c1ccc(F)cc1. The summed E-state index contributed by atoms with van der Waals surface area (Å²) in [7, 11) is 1.49. The van der Waals surface area contributed by atoms with Crippen LogP contribution in [-0.2, 0) is 19.1 Å². The highest BCUT2D eigenvalue weighted by molar-refractivity contribution is 5.82. The molecule has 1 unspecified atom stereocenters. The van der Waals surface area contributed by atoms with Crippen LogP contribution in [0.1, 0.15) is 24.5 Å². The fraction of sp³-hybridized carbons (Fsp3) is 0.467. The van der Waals surface area contributed by atoms with Gasteiger partial charge in [-0.1, -0.05) is 12.1 Å². The smallest absolute Gasteiger partial charge is 0.332 e. The van der Waals surface area contributed by atoms with Crippen LogP contribution in [0.2, 0.25) is 0 Å². The van der Waals surface area contributed by atoms with E-state index in [1.165, 1.54) is 19.2 Å². The van der Waals surface area contributed by atoms with Crippen molar-refractivity contribution < 1.29 is 28.6 Å². The summed E-state index contributed by atoms with van der Waals surface area (Å²) in [6.07, 6.45) is -1.41. The van der Waals surface area contributed by atoms with E-state index in [1.807, 2.05) is 0 Å². The molecule has 0 aliphatic carbocycles. The normalized spacial score (nSPS) is 22.3. The second-order valence-corrected chi connectivity index (χ2v) is 5.05. The molecule has 1 amide bonds. The van der Waals surface area contributed by atoms with Gasteiger partial charge in [0.1, 0.15) is 11.9 Å². The number of aliphatic carboxylic acids is 1. The van der Waals surface area contributed by atoms with Crippen LogP contribution in [0.25, 0.3) is 0 Å². The third kappa shape index (κ3) is 4.02. The zero-order valence-corrected chi connectivity index (χ0v) is 12.1. The molecule has 0 aromatic heterocycles. The number of methoxy groups -OCH3 is 1. The quantitative estimate of drug-likeness (QED) is 0.826. The van der Waals surface area contributed by atoms with E-state index >= 15 is 0 Å². The van der Waals surface area contributed by atoms with Gasteiger partial charge >= 0.3 is 5.97 Å². The molecule has 1 saturated heterocycles. The van der Waals surface area contributed by atoms with Crippen LogP contribution in [0.5, 0.6) is 0 Å². The molecule has 2 rings (SSSR count). The third-order valence-corrected chi connectivity index (χ3v) is 3.58. The van der Waals surface area contributed by atoms with Crippen LogP contribution in [0, 0.1) is 5.82 Å². The molecule has 1 aromatic carbocycles. The first kappa shape index (κ1) is 16.4. The number of carboxylic acid groups (broad SMARTS) is 1. The summed E-state index contributed by atoms with van der Waals surface area (Å²) in [5.41, 5.74) is 0.736. The zero-order chi connectivity index (χ0) is 16.1. The Balaban J connectivity index is 1.87. The first-order valence-corrected chi connectivity index (χ1v) is 6.95. The Morgan fingerprint density at radius 3 is 2.55 bits per heavy atom. The van der Waals surface area contributed by atoms with Crippen LogP contribution >= 0.6 is 0 Å². The highest BCUT2D eigenvalue weighted by Crippen LogP contribution is 2.21. The monoisotopic (exact) mass is 311 g/mol. The lowest BCUT2D eigenvalue weighted by Gasteiger charge is -2.18. The molecule has 1 aliphatic heterocycles. The predicted octanol–water partition coefficient (Wildman–Crippen LogP) is 1.26. The molecule has 0 bridgehead atoms. The van der Waals surface area contributed by atoms with E-state index in [9.17, 15) is 14.0 Å². The Hall–Kier alpha value is -1.99. The second kappa shape index (κ2) is 7.33. The number of rotatable bonds is 6. The Labute approximate surface area is 127 Å². The standard InChI is InChI=1S/C15H18FNO5/c1-21-13(9-2-4-10(16)5-3-9)8-17-14(18)11-6-7-12(22-11)15(19)20/h2-5,11-13H,6-8H2,1H3,(H,17,18)(H,19,20)/t11-,12+,13?/m0/s1. The number of carboxylic acids is 1. The predicted molar refractivity (Wildman–Crippen MR) is 74.7 cm³/mol. The van der Waals surface area contributed by atoms with E-state index in [2.05, 4.69) is 5.32 Å².